The zero-order chi connectivity index (χ0) is 31.3. The van der Waals surface area contributed by atoms with Gasteiger partial charge in [0.15, 0.2) is 0 Å². The van der Waals surface area contributed by atoms with E-state index in [1.54, 1.807) is 21.9 Å². The highest BCUT2D eigenvalue weighted by molar-refractivity contribution is 5.73. The van der Waals surface area contributed by atoms with Crippen molar-refractivity contribution in [2.24, 2.45) is 0 Å². The van der Waals surface area contributed by atoms with E-state index in [9.17, 15) is 4.79 Å². The van der Waals surface area contributed by atoms with E-state index in [0.29, 0.717) is 37.7 Å². The summed E-state index contributed by atoms with van der Waals surface area (Å²) in [5, 5.41) is 0. The lowest BCUT2D eigenvalue weighted by Crippen LogP contribution is -2.55. The Morgan fingerprint density at radius 3 is 2.09 bits per heavy atom. The molecule has 1 aromatic heterocycles. The predicted molar refractivity (Wildman–Crippen MR) is 166 cm³/mol. The average molecular weight is 602 g/mol. The van der Waals surface area contributed by atoms with Crippen molar-refractivity contribution in [3.05, 3.63) is 108 Å². The average Bonchev–Trinajstić information content (AvgIpc) is 3.00. The van der Waals surface area contributed by atoms with Gasteiger partial charge in [0, 0.05) is 48.9 Å². The molecule has 1 atom stereocenters. The van der Waals surface area contributed by atoms with E-state index >= 15 is 8.78 Å². The maximum absolute atomic E-state index is 15.8. The molecule has 2 heterocycles. The van der Waals surface area contributed by atoms with Gasteiger partial charge in [0.05, 0.1) is 5.69 Å². The smallest absolute Gasteiger partial charge is 0.410 e. The Kier molecular flexibility index (Phi) is 9.32. The molecule has 1 amide bonds. The van der Waals surface area contributed by atoms with E-state index in [1.165, 1.54) is 12.1 Å². The highest BCUT2D eigenvalue weighted by Crippen LogP contribution is 2.36. The molecule has 1 fully saturated rings. The second kappa shape index (κ2) is 13.3. The van der Waals surface area contributed by atoms with Crippen LogP contribution in [-0.4, -0.2) is 47.3 Å². The van der Waals surface area contributed by atoms with Crippen molar-refractivity contribution < 1.29 is 27.8 Å². The second-order valence-corrected chi connectivity index (χ2v) is 11.8. The Morgan fingerprint density at radius 2 is 1.48 bits per heavy atom. The number of halogens is 2. The summed E-state index contributed by atoms with van der Waals surface area (Å²) < 4.78 is 48.9. The number of piperazine rings is 1. The van der Waals surface area contributed by atoms with Crippen molar-refractivity contribution in [3.63, 3.8) is 0 Å². The van der Waals surface area contributed by atoms with Gasteiger partial charge in [-0.2, -0.15) is 4.98 Å². The minimum atomic E-state index is -0.621. The molecule has 0 bridgehead atoms. The molecule has 0 spiro atoms. The number of carbonyl (C=O) groups is 1. The van der Waals surface area contributed by atoms with Crippen LogP contribution in [0.25, 0.3) is 11.1 Å². The van der Waals surface area contributed by atoms with Crippen molar-refractivity contribution in [2.75, 3.05) is 24.5 Å². The van der Waals surface area contributed by atoms with E-state index < -0.39 is 23.3 Å². The Labute approximate surface area is 257 Å². The number of anilines is 1. The van der Waals surface area contributed by atoms with Crippen molar-refractivity contribution in [1.29, 1.82) is 0 Å². The third kappa shape index (κ3) is 7.64. The number of amides is 1. The SMILES string of the molecule is C[C@@H]1CN(c2cc(F)c(-c3ccc(OCc4ccccc4)nc3OCc3ccccc3)cc2F)CCN1C(=O)OC(C)(C)C. The Hall–Kier alpha value is -4.66. The number of hydrogen-bond acceptors (Lipinski definition) is 6. The van der Waals surface area contributed by atoms with Crippen LogP contribution < -0.4 is 14.4 Å². The summed E-state index contributed by atoms with van der Waals surface area (Å²) in [6, 6.07) is 24.5. The molecule has 9 heteroatoms. The monoisotopic (exact) mass is 601 g/mol. The minimum absolute atomic E-state index is 0.0249. The number of pyridine rings is 1. The van der Waals surface area contributed by atoms with Gasteiger partial charge >= 0.3 is 6.09 Å². The van der Waals surface area contributed by atoms with Crippen molar-refractivity contribution in [3.8, 4) is 22.9 Å². The summed E-state index contributed by atoms with van der Waals surface area (Å²) in [4.78, 5) is 20.5. The first-order valence-corrected chi connectivity index (χ1v) is 14.7. The summed E-state index contributed by atoms with van der Waals surface area (Å²) in [5.74, 6) is -0.772. The molecular weight excluding hydrogens is 564 g/mol. The predicted octanol–water partition coefficient (Wildman–Crippen LogP) is 7.63. The van der Waals surface area contributed by atoms with Gasteiger partial charge in [-0.05, 0) is 51.0 Å². The molecule has 230 valence electrons. The molecule has 0 aliphatic carbocycles. The molecular formula is C35H37F2N3O4. The molecule has 1 aliphatic rings. The summed E-state index contributed by atoms with van der Waals surface area (Å²) in [5.41, 5.74) is 1.71. The lowest BCUT2D eigenvalue weighted by Gasteiger charge is -2.41. The Balaban J connectivity index is 1.38. The van der Waals surface area contributed by atoms with E-state index in [4.69, 9.17) is 14.2 Å². The Bertz CT molecular complexity index is 1580. The fourth-order valence-electron chi connectivity index (χ4n) is 5.03. The van der Waals surface area contributed by atoms with Crippen LogP contribution in [-0.2, 0) is 18.0 Å². The molecule has 4 aromatic rings. The van der Waals surface area contributed by atoms with Gasteiger partial charge in [-0.15, -0.1) is 0 Å². The third-order valence-corrected chi connectivity index (χ3v) is 7.21. The summed E-state index contributed by atoms with van der Waals surface area (Å²) in [6.07, 6.45) is -0.418. The number of benzene rings is 3. The van der Waals surface area contributed by atoms with E-state index in [0.717, 1.165) is 11.1 Å². The molecule has 0 N–H and O–H groups in total. The van der Waals surface area contributed by atoms with Crippen LogP contribution in [0, 0.1) is 11.6 Å². The minimum Gasteiger partial charge on any atom is -0.473 e. The molecule has 5 rings (SSSR count). The quantitative estimate of drug-likeness (QED) is 0.207. The number of carbonyl (C=O) groups excluding carboxylic acids is 1. The van der Waals surface area contributed by atoms with Crippen LogP contribution in [0.2, 0.25) is 0 Å². The van der Waals surface area contributed by atoms with Gasteiger partial charge in [0.25, 0.3) is 0 Å². The zero-order valence-electron chi connectivity index (χ0n) is 25.4. The molecule has 7 nitrogen and oxygen atoms in total. The van der Waals surface area contributed by atoms with E-state index in [1.807, 2.05) is 88.4 Å². The number of hydrogen-bond donors (Lipinski definition) is 0. The first-order valence-electron chi connectivity index (χ1n) is 14.7. The van der Waals surface area contributed by atoms with E-state index in [-0.39, 0.29) is 29.8 Å². The van der Waals surface area contributed by atoms with Gasteiger partial charge in [-0.1, -0.05) is 60.7 Å². The van der Waals surface area contributed by atoms with Gasteiger partial charge in [0.2, 0.25) is 11.8 Å². The second-order valence-electron chi connectivity index (χ2n) is 11.8. The number of rotatable bonds is 8. The third-order valence-electron chi connectivity index (χ3n) is 7.21. The van der Waals surface area contributed by atoms with Gasteiger partial charge in [-0.3, -0.25) is 0 Å². The van der Waals surface area contributed by atoms with Crippen LogP contribution in [0.4, 0.5) is 19.3 Å². The van der Waals surface area contributed by atoms with Crippen molar-refractivity contribution in [2.45, 2.75) is 52.6 Å². The maximum Gasteiger partial charge on any atom is 0.410 e. The normalized spacial score (nSPS) is 15.2. The maximum atomic E-state index is 15.8. The van der Waals surface area contributed by atoms with Crippen LogP contribution in [0.5, 0.6) is 11.8 Å². The molecule has 0 saturated carbocycles. The molecule has 3 aromatic carbocycles. The van der Waals surface area contributed by atoms with Crippen LogP contribution in [0.1, 0.15) is 38.8 Å². The summed E-state index contributed by atoms with van der Waals surface area (Å²) >= 11 is 0. The first-order chi connectivity index (χ1) is 21.1. The van der Waals surface area contributed by atoms with Crippen molar-refractivity contribution in [1.82, 2.24) is 9.88 Å². The summed E-state index contributed by atoms with van der Waals surface area (Å²) in [6.45, 7) is 8.76. The molecule has 0 unspecified atom stereocenters. The van der Waals surface area contributed by atoms with Gasteiger partial charge in [-0.25, -0.2) is 13.6 Å². The number of ether oxygens (including phenoxy) is 3. The lowest BCUT2D eigenvalue weighted by atomic mass is 10.0. The molecule has 44 heavy (non-hydrogen) atoms. The zero-order valence-corrected chi connectivity index (χ0v) is 25.4. The van der Waals surface area contributed by atoms with Crippen LogP contribution in [0.15, 0.2) is 84.9 Å². The fourth-order valence-corrected chi connectivity index (χ4v) is 5.03. The fraction of sp³-hybridized carbons (Fsp3) is 0.314. The van der Waals surface area contributed by atoms with E-state index in [2.05, 4.69) is 4.98 Å². The Morgan fingerprint density at radius 1 is 0.841 bits per heavy atom. The molecule has 1 saturated heterocycles. The lowest BCUT2D eigenvalue weighted by molar-refractivity contribution is 0.0158. The molecule has 1 aliphatic heterocycles. The van der Waals surface area contributed by atoms with Crippen molar-refractivity contribution >= 4 is 11.8 Å². The van der Waals surface area contributed by atoms with Crippen LogP contribution >= 0.6 is 0 Å². The van der Waals surface area contributed by atoms with Gasteiger partial charge < -0.3 is 24.0 Å². The number of nitrogens with zero attached hydrogens (tertiary/aromatic N) is 3. The summed E-state index contributed by atoms with van der Waals surface area (Å²) in [7, 11) is 0. The number of aromatic nitrogens is 1. The molecule has 0 radical (unpaired) electrons. The van der Waals surface area contributed by atoms with Crippen LogP contribution in [0.3, 0.4) is 0 Å². The highest BCUT2D eigenvalue weighted by Gasteiger charge is 2.32. The topological polar surface area (TPSA) is 64.1 Å². The largest absolute Gasteiger partial charge is 0.473 e. The standard InChI is InChI=1S/C35H37F2N3O4/c1-24-21-39(17-18-40(24)34(41)44-35(2,3)4)31-20-29(36)28(19-30(31)37)27-15-16-32(42-22-25-11-7-5-8-12-25)38-33(27)43-23-26-13-9-6-10-14-26/h5-16,19-20,24H,17-18,21-23H2,1-4H3/t24-/m1/s1. The van der Waals surface area contributed by atoms with Gasteiger partial charge in [0.1, 0.15) is 30.4 Å². The highest BCUT2D eigenvalue weighted by atomic mass is 19.1. The first kappa shape index (κ1) is 30.8.